The average Bonchev–Trinajstić information content (AvgIpc) is 2.32. The molecule has 0 radical (unpaired) electrons. The van der Waals surface area contributed by atoms with Gasteiger partial charge >= 0.3 is 0 Å². The fourth-order valence-corrected chi connectivity index (χ4v) is 1.16. The van der Waals surface area contributed by atoms with Crippen LogP contribution in [0.3, 0.4) is 0 Å². The Balaban J connectivity index is 2.74. The molecule has 66 valence electrons. The third-order valence-corrected chi connectivity index (χ3v) is 1.85. The van der Waals surface area contributed by atoms with E-state index >= 15 is 0 Å². The summed E-state index contributed by atoms with van der Waals surface area (Å²) >= 11 is 0. The van der Waals surface area contributed by atoms with Crippen LogP contribution in [0, 0.1) is 0 Å². The van der Waals surface area contributed by atoms with Crippen LogP contribution in [0.4, 0.5) is 0 Å². The number of nitrogens with zero attached hydrogens (tertiary/aromatic N) is 2. The smallest absolute Gasteiger partial charge is 0.276 e. The molecule has 6 nitrogen and oxygen atoms in total. The van der Waals surface area contributed by atoms with Crippen molar-refractivity contribution in [3.63, 3.8) is 0 Å². The third kappa shape index (κ3) is 0.883. The van der Waals surface area contributed by atoms with Crippen molar-refractivity contribution >= 4 is 11.8 Å². The van der Waals surface area contributed by atoms with Crippen LogP contribution in [-0.2, 0) is 0 Å². The minimum absolute atomic E-state index is 0.00657. The summed E-state index contributed by atoms with van der Waals surface area (Å²) in [5.74, 6) is -0.977. The molecule has 0 spiro atoms. The maximum atomic E-state index is 11.3. The number of hydrogen-bond acceptors (Lipinski definition) is 4. The molecule has 1 aromatic heterocycles. The van der Waals surface area contributed by atoms with Gasteiger partial charge < -0.3 is 0 Å². The van der Waals surface area contributed by atoms with Gasteiger partial charge in [-0.3, -0.25) is 19.3 Å². The summed E-state index contributed by atoms with van der Waals surface area (Å²) in [4.78, 5) is 34.2. The molecule has 0 aliphatic carbocycles. The van der Waals surface area contributed by atoms with Gasteiger partial charge in [-0.1, -0.05) is 0 Å². The van der Waals surface area contributed by atoms with Gasteiger partial charge in [0, 0.05) is 13.1 Å². The van der Waals surface area contributed by atoms with Crippen LogP contribution in [0.15, 0.2) is 10.9 Å². The van der Waals surface area contributed by atoms with E-state index in [-0.39, 0.29) is 11.3 Å². The monoisotopic (exact) mass is 179 g/mol. The predicted molar refractivity (Wildman–Crippen MR) is 41.3 cm³/mol. The first-order chi connectivity index (χ1) is 6.11. The van der Waals surface area contributed by atoms with E-state index in [4.69, 9.17) is 0 Å². The molecule has 1 aliphatic rings. The molecule has 0 saturated heterocycles. The van der Waals surface area contributed by atoms with Crippen molar-refractivity contribution in [2.75, 3.05) is 7.05 Å². The number of fused-ring (bicyclic) bond motifs is 1. The summed E-state index contributed by atoms with van der Waals surface area (Å²) in [5.41, 5.74) is -0.418. The highest BCUT2D eigenvalue weighted by Gasteiger charge is 2.34. The molecule has 6 heteroatoms. The van der Waals surface area contributed by atoms with Crippen molar-refractivity contribution in [1.82, 2.24) is 15.1 Å². The van der Waals surface area contributed by atoms with Crippen molar-refractivity contribution in [2.24, 2.45) is 0 Å². The molecule has 2 heterocycles. The second-order valence-corrected chi connectivity index (χ2v) is 2.66. The van der Waals surface area contributed by atoms with Crippen LogP contribution in [0.1, 0.15) is 20.8 Å². The van der Waals surface area contributed by atoms with Crippen LogP contribution in [0.25, 0.3) is 0 Å². The number of carbonyl (C=O) groups is 2. The Bertz CT molecular complexity index is 462. The number of rotatable bonds is 0. The number of imide groups is 1. The summed E-state index contributed by atoms with van der Waals surface area (Å²) in [5, 5.41) is 5.59. The minimum atomic E-state index is -0.491. The first kappa shape index (κ1) is 7.66. The lowest BCUT2D eigenvalue weighted by Crippen LogP contribution is -2.24. The zero-order valence-electron chi connectivity index (χ0n) is 6.70. The van der Waals surface area contributed by atoms with E-state index in [1.807, 2.05) is 0 Å². The Morgan fingerprint density at radius 2 is 2.00 bits per heavy atom. The molecule has 0 saturated carbocycles. The average molecular weight is 179 g/mol. The quantitative estimate of drug-likeness (QED) is 0.517. The molecule has 1 aromatic rings. The van der Waals surface area contributed by atoms with Gasteiger partial charge in [-0.15, -0.1) is 0 Å². The lowest BCUT2D eigenvalue weighted by atomic mass is 10.2. The summed E-state index contributed by atoms with van der Waals surface area (Å²) in [6, 6.07) is 1.08. The highest BCUT2D eigenvalue weighted by molar-refractivity contribution is 6.19. The van der Waals surface area contributed by atoms with Gasteiger partial charge in [0.2, 0.25) is 0 Å². The standard InChI is InChI=1S/C7H5N3O3/c1-10-6(12)3-2-4(11)8-9-5(3)7(10)13/h2H,1H3,(H,8,11). The maximum absolute atomic E-state index is 11.3. The zero-order chi connectivity index (χ0) is 9.59. The Kier molecular flexibility index (Phi) is 1.33. The SMILES string of the molecule is CN1C(=O)c2cc(=O)[nH]nc2C1=O. The number of hydrogen-bond donors (Lipinski definition) is 1. The zero-order valence-corrected chi connectivity index (χ0v) is 6.70. The van der Waals surface area contributed by atoms with Gasteiger partial charge in [0.1, 0.15) is 0 Å². The number of H-pyrrole nitrogens is 1. The normalized spacial score (nSPS) is 15.0. The van der Waals surface area contributed by atoms with Gasteiger partial charge in [0.05, 0.1) is 5.56 Å². The Labute approximate surface area is 72.2 Å². The van der Waals surface area contributed by atoms with Crippen LogP contribution < -0.4 is 5.56 Å². The van der Waals surface area contributed by atoms with Gasteiger partial charge in [0.15, 0.2) is 5.69 Å². The second-order valence-electron chi connectivity index (χ2n) is 2.66. The Hall–Kier alpha value is -1.98. The van der Waals surface area contributed by atoms with E-state index < -0.39 is 17.4 Å². The lowest BCUT2D eigenvalue weighted by molar-refractivity contribution is 0.0691. The molecule has 13 heavy (non-hydrogen) atoms. The molecule has 0 fully saturated rings. The Morgan fingerprint density at radius 1 is 1.31 bits per heavy atom. The number of amides is 2. The van der Waals surface area contributed by atoms with Gasteiger partial charge in [-0.05, 0) is 0 Å². The van der Waals surface area contributed by atoms with Crippen molar-refractivity contribution < 1.29 is 9.59 Å². The highest BCUT2D eigenvalue weighted by Crippen LogP contribution is 2.16. The fraction of sp³-hybridized carbons (Fsp3) is 0.143. The van der Waals surface area contributed by atoms with Crippen LogP contribution in [0.5, 0.6) is 0 Å². The molecule has 0 unspecified atom stereocenters. The number of nitrogens with one attached hydrogen (secondary N) is 1. The van der Waals surface area contributed by atoms with E-state index in [9.17, 15) is 14.4 Å². The molecule has 0 atom stereocenters. The minimum Gasteiger partial charge on any atom is -0.276 e. The summed E-state index contributed by atoms with van der Waals surface area (Å²) in [6.07, 6.45) is 0. The molecule has 0 aromatic carbocycles. The molecule has 1 aliphatic heterocycles. The summed E-state index contributed by atoms with van der Waals surface area (Å²) < 4.78 is 0. The number of aromatic nitrogens is 2. The number of aromatic amines is 1. The second kappa shape index (κ2) is 2.25. The molecular formula is C7H5N3O3. The lowest BCUT2D eigenvalue weighted by Gasteiger charge is -2.01. The largest absolute Gasteiger partial charge is 0.281 e. The molecule has 2 rings (SSSR count). The topological polar surface area (TPSA) is 83.1 Å². The summed E-state index contributed by atoms with van der Waals surface area (Å²) in [7, 11) is 1.34. The van der Waals surface area contributed by atoms with Crippen molar-refractivity contribution in [3.8, 4) is 0 Å². The third-order valence-electron chi connectivity index (χ3n) is 1.85. The predicted octanol–water partition coefficient (Wildman–Crippen LogP) is -1.00. The van der Waals surface area contributed by atoms with Gasteiger partial charge in [-0.2, -0.15) is 5.10 Å². The Morgan fingerprint density at radius 3 is 2.69 bits per heavy atom. The first-order valence-electron chi connectivity index (χ1n) is 3.53. The molecular weight excluding hydrogens is 174 g/mol. The van der Waals surface area contributed by atoms with Gasteiger partial charge in [0.25, 0.3) is 17.4 Å². The van der Waals surface area contributed by atoms with Crippen LogP contribution in [0.2, 0.25) is 0 Å². The van der Waals surface area contributed by atoms with E-state index in [1.165, 1.54) is 7.05 Å². The van der Waals surface area contributed by atoms with E-state index in [2.05, 4.69) is 10.2 Å². The first-order valence-corrected chi connectivity index (χ1v) is 3.53. The van der Waals surface area contributed by atoms with Crippen molar-refractivity contribution in [3.05, 3.63) is 27.7 Å². The van der Waals surface area contributed by atoms with Crippen LogP contribution >= 0.6 is 0 Å². The van der Waals surface area contributed by atoms with E-state index in [1.54, 1.807) is 0 Å². The van der Waals surface area contributed by atoms with Crippen LogP contribution in [-0.4, -0.2) is 34.0 Å². The van der Waals surface area contributed by atoms with E-state index in [0.717, 1.165) is 11.0 Å². The molecule has 1 N–H and O–H groups in total. The summed E-state index contributed by atoms with van der Waals surface area (Å²) in [6.45, 7) is 0. The maximum Gasteiger partial charge on any atom is 0.281 e. The van der Waals surface area contributed by atoms with Gasteiger partial charge in [-0.25, -0.2) is 5.10 Å². The van der Waals surface area contributed by atoms with Crippen molar-refractivity contribution in [2.45, 2.75) is 0 Å². The molecule has 0 bridgehead atoms. The fourth-order valence-electron chi connectivity index (χ4n) is 1.16. The van der Waals surface area contributed by atoms with E-state index in [0.29, 0.717) is 0 Å². The molecule has 2 amide bonds. The number of carbonyl (C=O) groups excluding carboxylic acids is 2. The van der Waals surface area contributed by atoms with Crippen molar-refractivity contribution in [1.29, 1.82) is 0 Å². The highest BCUT2D eigenvalue weighted by atomic mass is 16.2.